The van der Waals surface area contributed by atoms with E-state index in [1.165, 1.54) is 28.5 Å². The summed E-state index contributed by atoms with van der Waals surface area (Å²) in [6.07, 6.45) is 7.88. The molecular weight excluding hydrogens is 338 g/mol. The zero-order valence-corrected chi connectivity index (χ0v) is 14.8. The van der Waals surface area contributed by atoms with Crippen molar-refractivity contribution in [1.29, 1.82) is 0 Å². The fourth-order valence-electron chi connectivity index (χ4n) is 3.59. The minimum atomic E-state index is -0.137. The van der Waals surface area contributed by atoms with E-state index in [0.717, 1.165) is 31.4 Å². The number of urea groups is 1. The van der Waals surface area contributed by atoms with Crippen LogP contribution in [0.2, 0.25) is 0 Å². The van der Waals surface area contributed by atoms with Gasteiger partial charge < -0.3 is 4.90 Å². The second-order valence-corrected chi connectivity index (χ2v) is 7.64. The molecule has 8 heteroatoms. The van der Waals surface area contributed by atoms with Gasteiger partial charge in [0, 0.05) is 23.7 Å². The molecule has 1 saturated heterocycles. The van der Waals surface area contributed by atoms with Crippen molar-refractivity contribution in [3.63, 3.8) is 0 Å². The number of aromatic nitrogens is 3. The summed E-state index contributed by atoms with van der Waals surface area (Å²) in [6, 6.07) is 2.98. The number of likely N-dealkylation sites (tertiary alicyclic amines) is 1. The number of thiazole rings is 1. The summed E-state index contributed by atoms with van der Waals surface area (Å²) in [5, 5.41) is 7.75. The van der Waals surface area contributed by atoms with Gasteiger partial charge in [-0.3, -0.25) is 10.1 Å². The van der Waals surface area contributed by atoms with E-state index in [4.69, 9.17) is 0 Å². The van der Waals surface area contributed by atoms with Crippen molar-refractivity contribution in [1.82, 2.24) is 19.7 Å². The Hall–Kier alpha value is -2.22. The van der Waals surface area contributed by atoms with Gasteiger partial charge in [-0.2, -0.15) is 5.10 Å². The molecule has 0 saturated carbocycles. The lowest BCUT2D eigenvalue weighted by Crippen LogP contribution is -2.42. The predicted octanol–water partition coefficient (Wildman–Crippen LogP) is 2.28. The number of hydrogen-bond acceptors (Lipinski definition) is 5. The van der Waals surface area contributed by atoms with Gasteiger partial charge in [-0.25, -0.2) is 14.5 Å². The molecule has 2 aromatic heterocycles. The third-order valence-electron chi connectivity index (χ3n) is 4.87. The maximum absolute atomic E-state index is 12.7. The van der Waals surface area contributed by atoms with E-state index >= 15 is 0 Å². The lowest BCUT2D eigenvalue weighted by atomic mass is 10.0. The minimum Gasteiger partial charge on any atom is -0.320 e. The van der Waals surface area contributed by atoms with Crippen LogP contribution >= 0.6 is 11.3 Å². The molecule has 0 radical (unpaired) electrons. The van der Waals surface area contributed by atoms with E-state index in [0.29, 0.717) is 18.2 Å². The average Bonchev–Trinajstić information content (AvgIpc) is 3.23. The molecule has 0 aromatic carbocycles. The molecule has 1 unspecified atom stereocenters. The number of carbonyl (C=O) groups excluding carboxylic acids is 1. The number of anilines is 1. The molecule has 0 spiro atoms. The molecule has 0 bridgehead atoms. The molecule has 1 N–H and O–H groups in total. The van der Waals surface area contributed by atoms with Crippen LogP contribution in [0.15, 0.2) is 23.1 Å². The third-order valence-corrected chi connectivity index (χ3v) is 5.94. The average molecular weight is 359 g/mol. The summed E-state index contributed by atoms with van der Waals surface area (Å²) in [5.41, 5.74) is 1.01. The quantitative estimate of drug-likeness (QED) is 0.912. The van der Waals surface area contributed by atoms with Gasteiger partial charge in [-0.1, -0.05) is 0 Å². The zero-order chi connectivity index (χ0) is 17.2. The number of fused-ring (bicyclic) bond motifs is 1. The van der Waals surface area contributed by atoms with E-state index in [1.807, 2.05) is 4.90 Å². The highest BCUT2D eigenvalue weighted by Gasteiger charge is 2.30. The van der Waals surface area contributed by atoms with Crippen LogP contribution < -0.4 is 10.9 Å². The molecule has 1 aliphatic carbocycles. The van der Waals surface area contributed by atoms with E-state index in [9.17, 15) is 9.59 Å². The first-order valence-corrected chi connectivity index (χ1v) is 9.61. The van der Waals surface area contributed by atoms with Gasteiger partial charge in [0.25, 0.3) is 5.56 Å². The van der Waals surface area contributed by atoms with Crippen LogP contribution in [0.25, 0.3) is 0 Å². The molecule has 2 aliphatic rings. The Balaban J connectivity index is 1.44. The van der Waals surface area contributed by atoms with E-state index in [1.54, 1.807) is 23.6 Å². The van der Waals surface area contributed by atoms with Crippen LogP contribution in [-0.4, -0.2) is 38.3 Å². The van der Waals surface area contributed by atoms with Crippen LogP contribution in [0.3, 0.4) is 0 Å². The van der Waals surface area contributed by atoms with Crippen LogP contribution in [0.1, 0.15) is 36.3 Å². The Morgan fingerprint density at radius 3 is 3.04 bits per heavy atom. The SMILES string of the molecule is O=C(Nc1nc2c(s1)CCCC2)N1CCCC1Cn1ncccc1=O. The minimum absolute atomic E-state index is 0.0119. The van der Waals surface area contributed by atoms with Crippen molar-refractivity contribution in [3.8, 4) is 0 Å². The lowest BCUT2D eigenvalue weighted by molar-refractivity contribution is 0.199. The molecule has 132 valence electrons. The molecule has 2 aromatic rings. The zero-order valence-electron chi connectivity index (χ0n) is 14.0. The first-order chi connectivity index (χ1) is 12.2. The standard InChI is InChI=1S/C17H21N5O2S/c23-15-8-3-9-18-22(15)11-12-5-4-10-21(12)17(24)20-16-19-13-6-1-2-7-14(13)25-16/h3,8-9,12H,1-2,4-7,10-11H2,(H,19,20,24). The van der Waals surface area contributed by atoms with E-state index in [-0.39, 0.29) is 17.6 Å². The Morgan fingerprint density at radius 2 is 2.20 bits per heavy atom. The normalized spacial score (nSPS) is 19.7. The van der Waals surface area contributed by atoms with Crippen molar-refractivity contribution in [2.75, 3.05) is 11.9 Å². The Morgan fingerprint density at radius 1 is 1.32 bits per heavy atom. The number of nitrogens with one attached hydrogen (secondary N) is 1. The summed E-state index contributed by atoms with van der Waals surface area (Å²) in [6.45, 7) is 1.13. The van der Waals surface area contributed by atoms with Gasteiger partial charge in [0.15, 0.2) is 5.13 Å². The van der Waals surface area contributed by atoms with Gasteiger partial charge in [-0.05, 0) is 44.6 Å². The van der Waals surface area contributed by atoms with Crippen LogP contribution in [0, 0.1) is 0 Å². The third kappa shape index (κ3) is 3.44. The molecule has 7 nitrogen and oxygen atoms in total. The molecule has 1 fully saturated rings. The van der Waals surface area contributed by atoms with Gasteiger partial charge >= 0.3 is 6.03 Å². The topological polar surface area (TPSA) is 80.1 Å². The summed E-state index contributed by atoms with van der Waals surface area (Å²) in [5.74, 6) is 0. The lowest BCUT2D eigenvalue weighted by Gasteiger charge is -2.24. The molecule has 2 amide bonds. The summed E-state index contributed by atoms with van der Waals surface area (Å²) in [7, 11) is 0. The smallest absolute Gasteiger partial charge is 0.320 e. The fourth-order valence-corrected chi connectivity index (χ4v) is 4.63. The largest absolute Gasteiger partial charge is 0.323 e. The van der Waals surface area contributed by atoms with Crippen LogP contribution in [0.4, 0.5) is 9.93 Å². The van der Waals surface area contributed by atoms with Crippen molar-refractivity contribution < 1.29 is 4.79 Å². The summed E-state index contributed by atoms with van der Waals surface area (Å²) < 4.78 is 1.43. The molecule has 1 aliphatic heterocycles. The van der Waals surface area contributed by atoms with Gasteiger partial charge in [0.1, 0.15) is 0 Å². The van der Waals surface area contributed by atoms with Gasteiger partial charge in [-0.15, -0.1) is 11.3 Å². The summed E-state index contributed by atoms with van der Waals surface area (Å²) >= 11 is 1.59. The van der Waals surface area contributed by atoms with Crippen molar-refractivity contribution in [2.24, 2.45) is 0 Å². The monoisotopic (exact) mass is 359 g/mol. The van der Waals surface area contributed by atoms with E-state index < -0.39 is 0 Å². The van der Waals surface area contributed by atoms with Crippen molar-refractivity contribution >= 4 is 22.5 Å². The van der Waals surface area contributed by atoms with Crippen LogP contribution in [-0.2, 0) is 19.4 Å². The Labute approximate surface area is 149 Å². The number of nitrogens with zero attached hydrogens (tertiary/aromatic N) is 4. The van der Waals surface area contributed by atoms with E-state index in [2.05, 4.69) is 15.4 Å². The number of carbonyl (C=O) groups is 1. The van der Waals surface area contributed by atoms with Crippen molar-refractivity contribution in [3.05, 3.63) is 39.3 Å². The highest BCUT2D eigenvalue weighted by Crippen LogP contribution is 2.30. The fraction of sp³-hybridized carbons (Fsp3) is 0.529. The molecule has 1 atom stereocenters. The molecular formula is C17H21N5O2S. The second kappa shape index (κ2) is 6.95. The molecule has 3 heterocycles. The number of amides is 2. The maximum atomic E-state index is 12.7. The number of aryl methyl sites for hydroxylation is 2. The number of hydrogen-bond donors (Lipinski definition) is 1. The highest BCUT2D eigenvalue weighted by molar-refractivity contribution is 7.15. The highest BCUT2D eigenvalue weighted by atomic mass is 32.1. The van der Waals surface area contributed by atoms with Gasteiger partial charge in [0.05, 0.1) is 18.3 Å². The summed E-state index contributed by atoms with van der Waals surface area (Å²) in [4.78, 5) is 32.2. The first-order valence-electron chi connectivity index (χ1n) is 8.79. The molecule has 4 rings (SSSR count). The Bertz CT molecular complexity index is 807. The molecule has 25 heavy (non-hydrogen) atoms. The van der Waals surface area contributed by atoms with Gasteiger partial charge in [0.2, 0.25) is 0 Å². The van der Waals surface area contributed by atoms with Crippen LogP contribution in [0.5, 0.6) is 0 Å². The predicted molar refractivity (Wildman–Crippen MR) is 96.0 cm³/mol. The first kappa shape index (κ1) is 16.3. The van der Waals surface area contributed by atoms with Crippen molar-refractivity contribution in [2.45, 2.75) is 51.1 Å². The Kier molecular flexibility index (Phi) is 4.52. The number of rotatable bonds is 3. The maximum Gasteiger partial charge on any atom is 0.323 e. The second-order valence-electron chi connectivity index (χ2n) is 6.56.